The summed E-state index contributed by atoms with van der Waals surface area (Å²) < 4.78 is 13.1. The first-order valence-corrected chi connectivity index (χ1v) is 8.40. The molecule has 0 N–H and O–H groups in total. The standard InChI is InChI=1S/C17H19N3O2S/c1-12-6-7-14(11-13(12)2)21-9-10-23-17-19-18-16(20(17)3)15-5-4-8-22-15/h4-8,11H,9-10H2,1-3H3. The van der Waals surface area contributed by atoms with Crippen LogP contribution in [0.3, 0.4) is 0 Å². The minimum Gasteiger partial charge on any atom is -0.493 e. The van der Waals surface area contributed by atoms with Gasteiger partial charge in [-0.05, 0) is 49.2 Å². The van der Waals surface area contributed by atoms with Crippen LogP contribution in [-0.2, 0) is 7.05 Å². The summed E-state index contributed by atoms with van der Waals surface area (Å²) in [5.41, 5.74) is 2.52. The molecule has 0 atom stereocenters. The second-order valence-electron chi connectivity index (χ2n) is 5.29. The SMILES string of the molecule is Cc1ccc(OCCSc2nnc(-c3ccco3)n2C)cc1C. The highest BCUT2D eigenvalue weighted by atomic mass is 32.2. The van der Waals surface area contributed by atoms with Crippen molar-refractivity contribution in [2.75, 3.05) is 12.4 Å². The second-order valence-corrected chi connectivity index (χ2v) is 6.35. The van der Waals surface area contributed by atoms with E-state index in [0.717, 1.165) is 28.2 Å². The van der Waals surface area contributed by atoms with Gasteiger partial charge >= 0.3 is 0 Å². The Bertz CT molecular complexity index is 781. The average molecular weight is 329 g/mol. The van der Waals surface area contributed by atoms with Crippen molar-refractivity contribution in [2.45, 2.75) is 19.0 Å². The van der Waals surface area contributed by atoms with Gasteiger partial charge in [-0.3, -0.25) is 0 Å². The molecule has 6 heteroatoms. The number of rotatable bonds is 6. The molecule has 2 aromatic heterocycles. The lowest BCUT2D eigenvalue weighted by Crippen LogP contribution is -2.02. The van der Waals surface area contributed by atoms with E-state index in [1.54, 1.807) is 18.0 Å². The molecule has 1 aromatic carbocycles. The van der Waals surface area contributed by atoms with Crippen molar-refractivity contribution in [3.8, 4) is 17.3 Å². The Morgan fingerprint density at radius 2 is 2.04 bits per heavy atom. The van der Waals surface area contributed by atoms with Gasteiger partial charge in [0.15, 0.2) is 16.7 Å². The number of furan rings is 1. The van der Waals surface area contributed by atoms with Crippen LogP contribution < -0.4 is 4.74 Å². The van der Waals surface area contributed by atoms with E-state index in [4.69, 9.17) is 9.15 Å². The fraction of sp³-hybridized carbons (Fsp3) is 0.294. The van der Waals surface area contributed by atoms with E-state index >= 15 is 0 Å². The minimum absolute atomic E-state index is 0.621. The molecule has 0 unspecified atom stereocenters. The first-order valence-electron chi connectivity index (χ1n) is 7.41. The highest BCUT2D eigenvalue weighted by molar-refractivity contribution is 7.99. The van der Waals surface area contributed by atoms with Gasteiger partial charge in [0.2, 0.25) is 0 Å². The highest BCUT2D eigenvalue weighted by Gasteiger charge is 2.12. The summed E-state index contributed by atoms with van der Waals surface area (Å²) in [7, 11) is 1.93. The summed E-state index contributed by atoms with van der Waals surface area (Å²) in [6.45, 7) is 4.81. The molecule has 0 bridgehead atoms. The third-order valence-corrected chi connectivity index (χ3v) is 4.62. The molecule has 3 aromatic rings. The van der Waals surface area contributed by atoms with E-state index in [1.165, 1.54) is 11.1 Å². The van der Waals surface area contributed by atoms with Gasteiger partial charge in [-0.1, -0.05) is 17.8 Å². The number of hydrogen-bond acceptors (Lipinski definition) is 5. The van der Waals surface area contributed by atoms with Gasteiger partial charge in [0, 0.05) is 12.8 Å². The van der Waals surface area contributed by atoms with E-state index < -0.39 is 0 Å². The third kappa shape index (κ3) is 3.59. The summed E-state index contributed by atoms with van der Waals surface area (Å²) in [5.74, 6) is 3.16. The van der Waals surface area contributed by atoms with Crippen LogP contribution >= 0.6 is 11.8 Å². The van der Waals surface area contributed by atoms with Crippen LogP contribution in [-0.4, -0.2) is 27.1 Å². The van der Waals surface area contributed by atoms with Crippen molar-refractivity contribution in [3.63, 3.8) is 0 Å². The van der Waals surface area contributed by atoms with Gasteiger partial charge in [0.25, 0.3) is 0 Å². The van der Waals surface area contributed by atoms with Crippen LogP contribution in [0.4, 0.5) is 0 Å². The van der Waals surface area contributed by atoms with Gasteiger partial charge in [0.1, 0.15) is 5.75 Å². The molecule has 3 rings (SSSR count). The maximum atomic E-state index is 5.79. The van der Waals surface area contributed by atoms with E-state index in [2.05, 4.69) is 36.2 Å². The topological polar surface area (TPSA) is 53.1 Å². The fourth-order valence-corrected chi connectivity index (χ4v) is 2.89. The first kappa shape index (κ1) is 15.7. The van der Waals surface area contributed by atoms with Gasteiger partial charge in [0.05, 0.1) is 12.9 Å². The molecule has 0 saturated carbocycles. The van der Waals surface area contributed by atoms with Gasteiger partial charge in [-0.15, -0.1) is 10.2 Å². The maximum absolute atomic E-state index is 5.79. The second kappa shape index (κ2) is 6.91. The quantitative estimate of drug-likeness (QED) is 0.508. The lowest BCUT2D eigenvalue weighted by atomic mass is 10.1. The Kier molecular flexibility index (Phi) is 4.71. The maximum Gasteiger partial charge on any atom is 0.200 e. The number of thioether (sulfide) groups is 1. The average Bonchev–Trinajstić information content (AvgIpc) is 3.17. The largest absolute Gasteiger partial charge is 0.493 e. The van der Waals surface area contributed by atoms with E-state index in [9.17, 15) is 0 Å². The molecule has 0 aliphatic rings. The smallest absolute Gasteiger partial charge is 0.200 e. The van der Waals surface area contributed by atoms with Crippen LogP contribution in [0, 0.1) is 13.8 Å². The molecule has 120 valence electrons. The Labute approximate surface area is 139 Å². The van der Waals surface area contributed by atoms with Crippen molar-refractivity contribution >= 4 is 11.8 Å². The number of hydrogen-bond donors (Lipinski definition) is 0. The van der Waals surface area contributed by atoms with Gasteiger partial charge in [-0.2, -0.15) is 0 Å². The van der Waals surface area contributed by atoms with Crippen molar-refractivity contribution in [1.29, 1.82) is 0 Å². The molecule has 0 fully saturated rings. The Morgan fingerprint density at radius 3 is 2.78 bits per heavy atom. The molecule has 5 nitrogen and oxygen atoms in total. The summed E-state index contributed by atoms with van der Waals surface area (Å²) in [6, 6.07) is 9.87. The van der Waals surface area contributed by atoms with Crippen molar-refractivity contribution in [2.24, 2.45) is 7.05 Å². The molecular formula is C17H19N3O2S. The number of ether oxygens (including phenoxy) is 1. The summed E-state index contributed by atoms with van der Waals surface area (Å²) in [5, 5.41) is 9.22. The molecule has 0 amide bonds. The molecule has 0 aliphatic heterocycles. The zero-order chi connectivity index (χ0) is 16.2. The lowest BCUT2D eigenvalue weighted by Gasteiger charge is -2.08. The van der Waals surface area contributed by atoms with Gasteiger partial charge in [-0.25, -0.2) is 0 Å². The normalized spacial score (nSPS) is 10.9. The van der Waals surface area contributed by atoms with Crippen molar-refractivity contribution in [1.82, 2.24) is 14.8 Å². The Morgan fingerprint density at radius 1 is 1.17 bits per heavy atom. The first-order chi connectivity index (χ1) is 11.1. The lowest BCUT2D eigenvalue weighted by molar-refractivity contribution is 0.343. The summed E-state index contributed by atoms with van der Waals surface area (Å²) >= 11 is 1.61. The fourth-order valence-electron chi connectivity index (χ4n) is 2.16. The predicted octanol–water partition coefficient (Wildman–Crippen LogP) is 3.86. The molecule has 23 heavy (non-hydrogen) atoms. The Balaban J connectivity index is 1.54. The molecule has 0 aliphatic carbocycles. The zero-order valence-electron chi connectivity index (χ0n) is 13.4. The van der Waals surface area contributed by atoms with Crippen LogP contribution in [0.2, 0.25) is 0 Å². The number of benzene rings is 1. The van der Waals surface area contributed by atoms with Crippen molar-refractivity contribution in [3.05, 3.63) is 47.7 Å². The van der Waals surface area contributed by atoms with Crippen LogP contribution in [0.1, 0.15) is 11.1 Å². The molecule has 0 spiro atoms. The molecular weight excluding hydrogens is 310 g/mol. The monoisotopic (exact) mass is 329 g/mol. The van der Waals surface area contributed by atoms with Crippen LogP contribution in [0.5, 0.6) is 5.75 Å². The van der Waals surface area contributed by atoms with Crippen LogP contribution in [0.25, 0.3) is 11.6 Å². The number of aromatic nitrogens is 3. The van der Waals surface area contributed by atoms with E-state index in [-0.39, 0.29) is 0 Å². The Hall–Kier alpha value is -2.21. The van der Waals surface area contributed by atoms with Crippen LogP contribution in [0.15, 0.2) is 46.2 Å². The van der Waals surface area contributed by atoms with Gasteiger partial charge < -0.3 is 13.7 Å². The predicted molar refractivity (Wildman–Crippen MR) is 90.8 cm³/mol. The summed E-state index contributed by atoms with van der Waals surface area (Å²) in [6.07, 6.45) is 1.63. The van der Waals surface area contributed by atoms with Crippen molar-refractivity contribution < 1.29 is 9.15 Å². The molecule has 0 radical (unpaired) electrons. The highest BCUT2D eigenvalue weighted by Crippen LogP contribution is 2.23. The zero-order valence-corrected chi connectivity index (χ0v) is 14.3. The minimum atomic E-state index is 0.621. The summed E-state index contributed by atoms with van der Waals surface area (Å²) in [4.78, 5) is 0. The van der Waals surface area contributed by atoms with E-state index in [1.807, 2.05) is 29.8 Å². The van der Waals surface area contributed by atoms with E-state index in [0.29, 0.717) is 6.61 Å². The number of nitrogens with zero attached hydrogens (tertiary/aromatic N) is 3. The number of aryl methyl sites for hydroxylation is 2. The molecule has 2 heterocycles. The third-order valence-electron chi connectivity index (χ3n) is 3.64. The molecule has 0 saturated heterocycles.